The van der Waals surface area contributed by atoms with E-state index in [9.17, 15) is 4.79 Å². The number of ketones is 1. The predicted octanol–water partition coefficient (Wildman–Crippen LogP) is 4.39. The van der Waals surface area contributed by atoms with E-state index in [1.165, 1.54) is 0 Å². The molecule has 0 aliphatic heterocycles. The van der Waals surface area contributed by atoms with Gasteiger partial charge in [0.25, 0.3) is 0 Å². The van der Waals surface area contributed by atoms with Gasteiger partial charge < -0.3 is 14.0 Å². The Balaban J connectivity index is 1.74. The number of methoxy groups -OCH3 is 2. The third-order valence-electron chi connectivity index (χ3n) is 3.89. The SMILES string of the molecule is COc1ccc(/C=C/C(=O)c2ccc(-n3cccc3)cc2)cc1OC. The molecule has 4 heteroatoms. The summed E-state index contributed by atoms with van der Waals surface area (Å²) >= 11 is 0. The van der Waals surface area contributed by atoms with Crippen LogP contribution in [-0.4, -0.2) is 24.6 Å². The van der Waals surface area contributed by atoms with E-state index in [4.69, 9.17) is 9.47 Å². The quantitative estimate of drug-likeness (QED) is 0.496. The van der Waals surface area contributed by atoms with Gasteiger partial charge in [-0.3, -0.25) is 4.79 Å². The maximum absolute atomic E-state index is 12.3. The highest BCUT2D eigenvalue weighted by molar-refractivity contribution is 6.06. The molecule has 0 saturated heterocycles. The first-order valence-corrected chi connectivity index (χ1v) is 7.89. The van der Waals surface area contributed by atoms with Crippen molar-refractivity contribution < 1.29 is 14.3 Å². The van der Waals surface area contributed by atoms with Gasteiger partial charge in [0.15, 0.2) is 17.3 Å². The zero-order valence-corrected chi connectivity index (χ0v) is 14.2. The number of allylic oxidation sites excluding steroid dienone is 1. The van der Waals surface area contributed by atoms with Crippen LogP contribution in [0.15, 0.2) is 73.1 Å². The Hall–Kier alpha value is -3.27. The maximum atomic E-state index is 12.3. The summed E-state index contributed by atoms with van der Waals surface area (Å²) < 4.78 is 12.5. The summed E-state index contributed by atoms with van der Waals surface area (Å²) in [5, 5.41) is 0. The van der Waals surface area contributed by atoms with Crippen LogP contribution in [0, 0.1) is 0 Å². The number of hydrogen-bond donors (Lipinski definition) is 0. The van der Waals surface area contributed by atoms with Gasteiger partial charge in [0, 0.05) is 23.6 Å². The monoisotopic (exact) mass is 333 g/mol. The molecule has 0 fully saturated rings. The van der Waals surface area contributed by atoms with Crippen LogP contribution in [0.25, 0.3) is 11.8 Å². The largest absolute Gasteiger partial charge is 0.493 e. The zero-order valence-electron chi connectivity index (χ0n) is 14.2. The smallest absolute Gasteiger partial charge is 0.185 e. The fourth-order valence-electron chi connectivity index (χ4n) is 2.53. The van der Waals surface area contributed by atoms with Gasteiger partial charge in [-0.1, -0.05) is 12.1 Å². The summed E-state index contributed by atoms with van der Waals surface area (Å²) in [4.78, 5) is 12.3. The molecular formula is C21H19NO3. The zero-order chi connectivity index (χ0) is 17.6. The van der Waals surface area contributed by atoms with Crippen LogP contribution in [0.4, 0.5) is 0 Å². The fourth-order valence-corrected chi connectivity index (χ4v) is 2.53. The third-order valence-corrected chi connectivity index (χ3v) is 3.89. The summed E-state index contributed by atoms with van der Waals surface area (Å²) in [6, 6.07) is 17.0. The first-order valence-electron chi connectivity index (χ1n) is 7.89. The number of carbonyl (C=O) groups is 1. The molecule has 0 spiro atoms. The number of benzene rings is 2. The van der Waals surface area contributed by atoms with E-state index in [2.05, 4.69) is 0 Å². The van der Waals surface area contributed by atoms with Gasteiger partial charge in [-0.05, 0) is 60.2 Å². The van der Waals surface area contributed by atoms with E-state index in [-0.39, 0.29) is 5.78 Å². The normalized spacial score (nSPS) is 10.8. The second kappa shape index (κ2) is 7.53. The van der Waals surface area contributed by atoms with E-state index in [0.29, 0.717) is 17.1 Å². The van der Waals surface area contributed by atoms with Crippen LogP contribution in [0.5, 0.6) is 11.5 Å². The molecule has 0 aliphatic carbocycles. The van der Waals surface area contributed by atoms with Crippen molar-refractivity contribution in [2.75, 3.05) is 14.2 Å². The molecule has 1 aromatic heterocycles. The van der Waals surface area contributed by atoms with Crippen molar-refractivity contribution in [1.82, 2.24) is 4.57 Å². The van der Waals surface area contributed by atoms with Crippen LogP contribution in [0.3, 0.4) is 0 Å². The Morgan fingerprint density at radius 1 is 0.920 bits per heavy atom. The van der Waals surface area contributed by atoms with Crippen molar-refractivity contribution in [2.45, 2.75) is 0 Å². The predicted molar refractivity (Wildman–Crippen MR) is 98.7 cm³/mol. The van der Waals surface area contributed by atoms with Gasteiger partial charge >= 0.3 is 0 Å². The van der Waals surface area contributed by atoms with E-state index >= 15 is 0 Å². The van der Waals surface area contributed by atoms with Crippen LogP contribution < -0.4 is 9.47 Å². The lowest BCUT2D eigenvalue weighted by molar-refractivity contribution is 0.104. The summed E-state index contributed by atoms with van der Waals surface area (Å²) in [6.07, 6.45) is 7.26. The van der Waals surface area contributed by atoms with Crippen LogP contribution in [0.1, 0.15) is 15.9 Å². The molecule has 2 aromatic carbocycles. The summed E-state index contributed by atoms with van der Waals surface area (Å²) in [5.74, 6) is 1.24. The Morgan fingerprint density at radius 3 is 2.24 bits per heavy atom. The van der Waals surface area contributed by atoms with Gasteiger partial charge in [-0.25, -0.2) is 0 Å². The van der Waals surface area contributed by atoms with Gasteiger partial charge in [0.2, 0.25) is 0 Å². The first-order chi connectivity index (χ1) is 12.2. The molecule has 0 saturated carbocycles. The number of aromatic nitrogens is 1. The van der Waals surface area contributed by atoms with Gasteiger partial charge in [-0.15, -0.1) is 0 Å². The molecule has 1 heterocycles. The minimum absolute atomic E-state index is 0.0474. The van der Waals surface area contributed by atoms with E-state index in [1.807, 2.05) is 71.6 Å². The fraction of sp³-hybridized carbons (Fsp3) is 0.0952. The van der Waals surface area contributed by atoms with Gasteiger partial charge in [-0.2, -0.15) is 0 Å². The number of carbonyl (C=O) groups excluding carboxylic acids is 1. The first kappa shape index (κ1) is 16.6. The lowest BCUT2D eigenvalue weighted by Gasteiger charge is -2.07. The molecule has 3 aromatic rings. The van der Waals surface area contributed by atoms with E-state index < -0.39 is 0 Å². The molecule has 126 valence electrons. The van der Waals surface area contributed by atoms with Crippen molar-refractivity contribution in [3.05, 3.63) is 84.2 Å². The highest BCUT2D eigenvalue weighted by atomic mass is 16.5. The topological polar surface area (TPSA) is 40.5 Å². The molecule has 0 amide bonds. The second-order valence-electron chi connectivity index (χ2n) is 5.45. The van der Waals surface area contributed by atoms with Crippen LogP contribution >= 0.6 is 0 Å². The molecule has 0 atom stereocenters. The number of hydrogen-bond acceptors (Lipinski definition) is 3. The van der Waals surface area contributed by atoms with Crippen LogP contribution in [-0.2, 0) is 0 Å². The molecule has 3 rings (SSSR count). The second-order valence-corrected chi connectivity index (χ2v) is 5.45. The van der Waals surface area contributed by atoms with Gasteiger partial charge in [0.1, 0.15) is 0 Å². The van der Waals surface area contributed by atoms with Crippen molar-refractivity contribution in [2.24, 2.45) is 0 Å². The average molecular weight is 333 g/mol. The van der Waals surface area contributed by atoms with Crippen molar-refractivity contribution in [3.8, 4) is 17.2 Å². The molecule has 0 aliphatic rings. The molecule has 25 heavy (non-hydrogen) atoms. The average Bonchev–Trinajstić information content (AvgIpc) is 3.20. The Kier molecular flexibility index (Phi) is 5.00. The number of nitrogens with zero attached hydrogens (tertiary/aromatic N) is 1. The van der Waals surface area contributed by atoms with E-state index in [1.54, 1.807) is 26.4 Å². The standard InChI is InChI=1S/C21H19NO3/c1-24-20-12-6-16(15-21(20)25-2)5-11-19(23)17-7-9-18(10-8-17)22-13-3-4-14-22/h3-15H,1-2H3/b11-5+. The number of ether oxygens (including phenoxy) is 2. The number of rotatable bonds is 6. The molecule has 0 N–H and O–H groups in total. The summed E-state index contributed by atoms with van der Waals surface area (Å²) in [6.45, 7) is 0. The third kappa shape index (κ3) is 3.80. The Bertz CT molecular complexity index is 878. The molecule has 0 bridgehead atoms. The van der Waals surface area contributed by atoms with Crippen molar-refractivity contribution in [1.29, 1.82) is 0 Å². The Morgan fingerprint density at radius 2 is 1.60 bits per heavy atom. The van der Waals surface area contributed by atoms with Gasteiger partial charge in [0.05, 0.1) is 14.2 Å². The minimum atomic E-state index is -0.0474. The lowest BCUT2D eigenvalue weighted by atomic mass is 10.1. The summed E-state index contributed by atoms with van der Waals surface area (Å²) in [5.41, 5.74) is 2.54. The highest BCUT2D eigenvalue weighted by Crippen LogP contribution is 2.28. The van der Waals surface area contributed by atoms with Crippen LogP contribution in [0.2, 0.25) is 0 Å². The lowest BCUT2D eigenvalue weighted by Crippen LogP contribution is -1.96. The maximum Gasteiger partial charge on any atom is 0.185 e. The summed E-state index contributed by atoms with van der Waals surface area (Å²) in [7, 11) is 3.18. The highest BCUT2D eigenvalue weighted by Gasteiger charge is 2.05. The molecule has 0 unspecified atom stereocenters. The Labute approximate surface area is 146 Å². The van der Waals surface area contributed by atoms with Crippen molar-refractivity contribution in [3.63, 3.8) is 0 Å². The minimum Gasteiger partial charge on any atom is -0.493 e. The van der Waals surface area contributed by atoms with E-state index in [0.717, 1.165) is 11.3 Å². The van der Waals surface area contributed by atoms with Crippen molar-refractivity contribution >= 4 is 11.9 Å². The molecule has 4 nitrogen and oxygen atoms in total. The molecular weight excluding hydrogens is 314 g/mol. The molecule has 0 radical (unpaired) electrons.